The summed E-state index contributed by atoms with van der Waals surface area (Å²) < 4.78 is 0. The molecule has 6 aromatic carbocycles. The van der Waals surface area contributed by atoms with Gasteiger partial charge in [-0.2, -0.15) is 0 Å². The monoisotopic (exact) mass is 716 g/mol. The summed E-state index contributed by atoms with van der Waals surface area (Å²) in [5, 5.41) is 56.2. The second kappa shape index (κ2) is 18.8. The molecule has 12 heteroatoms. The van der Waals surface area contributed by atoms with E-state index in [1.54, 1.807) is 68.1 Å². The molecule has 6 aromatic rings. The van der Waals surface area contributed by atoms with Crippen LogP contribution in [0.15, 0.2) is 153 Å². The maximum atomic E-state index is 9.71. The lowest BCUT2D eigenvalue weighted by Gasteiger charge is -2.01. The van der Waals surface area contributed by atoms with Crippen molar-refractivity contribution in [2.75, 3.05) is 0 Å². The smallest absolute Gasteiger partial charge is 0.488 e. The van der Waals surface area contributed by atoms with Gasteiger partial charge in [-0.3, -0.25) is 20.0 Å². The van der Waals surface area contributed by atoms with Gasteiger partial charge >= 0.3 is 14.0 Å². The molecule has 0 amide bonds. The van der Waals surface area contributed by atoms with Crippen LogP contribution < -0.4 is 10.9 Å². The molecule has 0 heterocycles. The van der Waals surface area contributed by atoms with Crippen LogP contribution in [0.1, 0.15) is 27.8 Å². The lowest BCUT2D eigenvalue weighted by atomic mass is 9.64. The van der Waals surface area contributed by atoms with E-state index in [1.807, 2.05) is 91.9 Å². The number of aryl methyl sites for hydroxylation is 1. The van der Waals surface area contributed by atoms with Crippen molar-refractivity contribution in [3.8, 4) is 17.2 Å². The zero-order chi connectivity index (χ0) is 38.5. The Balaban J connectivity index is 0.000000208. The molecule has 0 bridgehead atoms. The van der Waals surface area contributed by atoms with E-state index < -0.39 is 14.0 Å². The molecule has 0 unspecified atom stereocenters. The number of nitrogens with zero attached hydrogens (tertiary/aromatic N) is 4. The lowest BCUT2D eigenvalue weighted by Crippen LogP contribution is -2.29. The Hall–Kier alpha value is -6.59. The molecule has 6 rings (SSSR count). The van der Waals surface area contributed by atoms with E-state index in [-0.39, 0.29) is 17.2 Å². The van der Waals surface area contributed by atoms with Gasteiger partial charge in [-0.05, 0) is 118 Å². The fourth-order valence-electron chi connectivity index (χ4n) is 4.79. The Bertz CT molecular complexity index is 2100. The van der Waals surface area contributed by atoms with Gasteiger partial charge in [0.2, 0.25) is 0 Å². The van der Waals surface area contributed by atoms with Crippen molar-refractivity contribution in [2.24, 2.45) is 20.0 Å². The van der Waals surface area contributed by atoms with Gasteiger partial charge in [-0.15, -0.1) is 0 Å². The van der Waals surface area contributed by atoms with Crippen LogP contribution in [0.3, 0.4) is 0 Å². The Kier molecular flexibility index (Phi) is 13.4. The van der Waals surface area contributed by atoms with Crippen LogP contribution in [-0.4, -0.2) is 69.3 Å². The second-order valence-electron chi connectivity index (χ2n) is 12.2. The molecule has 0 aromatic heterocycles. The van der Waals surface area contributed by atoms with E-state index in [0.29, 0.717) is 11.0 Å². The Morgan fingerprint density at radius 3 is 1.13 bits per heavy atom. The summed E-state index contributed by atoms with van der Waals surface area (Å²) in [7, 11) is -1.46. The zero-order valence-electron chi connectivity index (χ0n) is 29.6. The molecule has 0 aliphatic carbocycles. The molecule has 0 spiro atoms. The predicted molar refractivity (Wildman–Crippen MR) is 221 cm³/mol. The van der Waals surface area contributed by atoms with Crippen molar-refractivity contribution in [1.29, 1.82) is 0 Å². The summed E-state index contributed by atoms with van der Waals surface area (Å²) in [6.45, 7) is 3.11. The van der Waals surface area contributed by atoms with Gasteiger partial charge in [0, 0.05) is 24.9 Å². The molecular weight excluding hydrogens is 678 g/mol. The largest absolute Gasteiger partial charge is 0.508 e. The number of aromatic hydroxyl groups is 3. The highest BCUT2D eigenvalue weighted by atomic mass is 16.4. The number of hydrogen-bond donors (Lipinski definition) is 6. The standard InChI is InChI=1S/C21H20B2N2O3.C21H18N2O3/c1-22(26)18-6-2-16(3-7-18)14-24-20-10-12-21(13-11-20)25-15-17-4-8-19(9-5-17)23(27)28;1-14-2-3-15(10-20(14)25)12-22-17-5-7-18(8-6-17)23-13-16-4-9-19(24)21(26)11-16/h2-15,26-28H,1H3;2-13,24-26H,1H3. The summed E-state index contributed by atoms with van der Waals surface area (Å²) in [4.78, 5) is 17.6. The quantitative estimate of drug-likeness (QED) is 0.0552. The molecular formula is C42H38B2N4O6. The van der Waals surface area contributed by atoms with Gasteiger partial charge in [-0.25, -0.2) is 0 Å². The van der Waals surface area contributed by atoms with Crippen LogP contribution in [0.25, 0.3) is 0 Å². The number of phenolic OH excluding ortho intramolecular Hbond substituents is 3. The summed E-state index contributed by atoms with van der Waals surface area (Å²) in [6, 6.07) is 39.3. The number of hydrogen-bond acceptors (Lipinski definition) is 10. The number of rotatable bonds is 10. The summed E-state index contributed by atoms with van der Waals surface area (Å²) >= 11 is 0. The van der Waals surface area contributed by atoms with Gasteiger partial charge in [0.25, 0.3) is 0 Å². The molecule has 0 saturated heterocycles. The molecule has 10 nitrogen and oxygen atoms in total. The van der Waals surface area contributed by atoms with Crippen molar-refractivity contribution >= 4 is 72.6 Å². The van der Waals surface area contributed by atoms with Gasteiger partial charge in [0.1, 0.15) is 5.75 Å². The fraction of sp³-hybridized carbons (Fsp3) is 0.0476. The molecule has 0 radical (unpaired) electrons. The number of benzene rings is 6. The second-order valence-corrected chi connectivity index (χ2v) is 12.2. The first kappa shape index (κ1) is 38.6. The minimum Gasteiger partial charge on any atom is -0.508 e. The minimum atomic E-state index is -1.46. The highest BCUT2D eigenvalue weighted by Crippen LogP contribution is 2.25. The Labute approximate surface area is 314 Å². The van der Waals surface area contributed by atoms with Crippen molar-refractivity contribution in [3.05, 3.63) is 161 Å². The number of aliphatic imine (C=N–C) groups is 4. The highest BCUT2D eigenvalue weighted by Gasteiger charge is 2.09. The maximum absolute atomic E-state index is 9.71. The van der Waals surface area contributed by atoms with Crippen LogP contribution in [0.4, 0.5) is 22.7 Å². The average Bonchev–Trinajstić information content (AvgIpc) is 3.18. The SMILES string of the molecule is CB(O)c1ccc(C=Nc2ccc(N=Cc3ccc(B(O)O)cc3)cc2)cc1.Cc1ccc(C=Nc2ccc(N=Cc3ccc(O)c(O)c3)cc2)cc1O. The topological polar surface area (TPSA) is 171 Å². The molecule has 0 aliphatic heterocycles. The van der Waals surface area contributed by atoms with E-state index in [1.165, 1.54) is 12.1 Å². The van der Waals surface area contributed by atoms with Crippen molar-refractivity contribution < 1.29 is 30.4 Å². The Morgan fingerprint density at radius 1 is 0.407 bits per heavy atom. The highest BCUT2D eigenvalue weighted by molar-refractivity contribution is 6.64. The maximum Gasteiger partial charge on any atom is 0.488 e. The van der Waals surface area contributed by atoms with Crippen LogP contribution in [0.2, 0.25) is 6.82 Å². The van der Waals surface area contributed by atoms with Crippen molar-refractivity contribution in [2.45, 2.75) is 13.7 Å². The van der Waals surface area contributed by atoms with Crippen LogP contribution in [0, 0.1) is 6.92 Å². The van der Waals surface area contributed by atoms with Crippen molar-refractivity contribution in [1.82, 2.24) is 0 Å². The summed E-state index contributed by atoms with van der Waals surface area (Å²) in [5.41, 5.74) is 8.61. The molecule has 0 aliphatic rings. The molecule has 0 atom stereocenters. The third kappa shape index (κ3) is 11.7. The van der Waals surface area contributed by atoms with Gasteiger partial charge < -0.3 is 30.4 Å². The first-order chi connectivity index (χ1) is 26.0. The molecule has 0 saturated carbocycles. The fourth-order valence-corrected chi connectivity index (χ4v) is 4.79. The Morgan fingerprint density at radius 2 is 0.759 bits per heavy atom. The van der Waals surface area contributed by atoms with E-state index in [2.05, 4.69) is 20.0 Å². The lowest BCUT2D eigenvalue weighted by molar-refractivity contribution is 0.403. The molecule has 6 N–H and O–H groups in total. The van der Waals surface area contributed by atoms with E-state index >= 15 is 0 Å². The molecule has 0 fully saturated rings. The predicted octanol–water partition coefficient (Wildman–Crippen LogP) is 6.30. The van der Waals surface area contributed by atoms with Gasteiger partial charge in [-0.1, -0.05) is 67.5 Å². The normalized spacial score (nSPS) is 11.4. The van der Waals surface area contributed by atoms with Gasteiger partial charge in [0.05, 0.1) is 22.7 Å². The third-order valence-electron chi connectivity index (χ3n) is 8.04. The minimum absolute atomic E-state index is 0.161. The first-order valence-corrected chi connectivity index (χ1v) is 16.9. The van der Waals surface area contributed by atoms with Crippen LogP contribution in [-0.2, 0) is 0 Å². The van der Waals surface area contributed by atoms with Crippen LogP contribution >= 0.6 is 0 Å². The summed E-state index contributed by atoms with van der Waals surface area (Å²) in [5.74, 6) is -0.0917. The average molecular weight is 716 g/mol. The summed E-state index contributed by atoms with van der Waals surface area (Å²) in [6.07, 6.45) is 6.79. The zero-order valence-corrected chi connectivity index (χ0v) is 29.6. The van der Waals surface area contributed by atoms with E-state index in [4.69, 9.17) is 10.0 Å². The third-order valence-corrected chi connectivity index (χ3v) is 8.04. The first-order valence-electron chi connectivity index (χ1n) is 16.9. The van der Waals surface area contributed by atoms with Gasteiger partial charge in [0.15, 0.2) is 11.5 Å². The molecule has 268 valence electrons. The van der Waals surface area contributed by atoms with E-state index in [0.717, 1.165) is 50.5 Å². The van der Waals surface area contributed by atoms with Crippen molar-refractivity contribution in [3.63, 3.8) is 0 Å². The molecule has 54 heavy (non-hydrogen) atoms. The van der Waals surface area contributed by atoms with Crippen LogP contribution in [0.5, 0.6) is 17.2 Å². The van der Waals surface area contributed by atoms with E-state index in [9.17, 15) is 20.3 Å². The number of phenols is 3.